The molecule has 0 unspecified atom stereocenters. The van der Waals surface area contributed by atoms with Gasteiger partial charge in [0, 0.05) is 29.0 Å². The van der Waals surface area contributed by atoms with E-state index in [1.807, 2.05) is 60.8 Å². The number of fused-ring (bicyclic) bond motifs is 2. The molecule has 1 aromatic heterocycles. The maximum Gasteiger partial charge on any atom is 0.210 e. The van der Waals surface area contributed by atoms with Gasteiger partial charge in [-0.05, 0) is 28.5 Å². The van der Waals surface area contributed by atoms with Crippen molar-refractivity contribution in [2.75, 3.05) is 0 Å². The van der Waals surface area contributed by atoms with E-state index in [1.54, 1.807) is 0 Å². The number of benzene rings is 3. The average molecular weight is 370 g/mol. The van der Waals surface area contributed by atoms with Gasteiger partial charge in [0.2, 0.25) is 5.52 Å². The highest BCUT2D eigenvalue weighted by molar-refractivity contribution is 6.18. The van der Waals surface area contributed by atoms with E-state index in [-0.39, 0.29) is 12.4 Å². The summed E-state index contributed by atoms with van der Waals surface area (Å²) >= 11 is 5.75. The molecule has 0 bridgehead atoms. The predicted molar refractivity (Wildman–Crippen MR) is 99.4 cm³/mol. The van der Waals surface area contributed by atoms with Crippen LogP contribution in [0.3, 0.4) is 0 Å². The summed E-state index contributed by atoms with van der Waals surface area (Å²) < 4.78 is 0. The number of alkyl halides is 1. The Labute approximate surface area is 157 Å². The van der Waals surface area contributed by atoms with Crippen molar-refractivity contribution >= 4 is 39.6 Å². The van der Waals surface area contributed by atoms with Crippen LogP contribution in [0.5, 0.6) is 0 Å². The number of aromatic amines is 1. The quantitative estimate of drug-likeness (QED) is 0.393. The van der Waals surface area contributed by atoms with Crippen LogP contribution in [0.2, 0.25) is 0 Å². The highest BCUT2D eigenvalue weighted by atomic mass is 35.5. The first-order chi connectivity index (χ1) is 11.8. The molecule has 3 aromatic carbocycles. The number of pyridine rings is 1. The van der Waals surface area contributed by atoms with Crippen LogP contribution in [0.15, 0.2) is 79.0 Å². The van der Waals surface area contributed by atoms with Gasteiger partial charge in [0.1, 0.15) is 0 Å². The van der Waals surface area contributed by atoms with Crippen LogP contribution in [0.1, 0.15) is 15.9 Å². The normalized spacial score (nSPS) is 9.80. The number of hydrogen-bond donors (Lipinski definition) is 0. The fraction of sp³-hybridized carbons (Fsp3) is 0.0476. The molecule has 4 heteroatoms. The minimum absolute atomic E-state index is 0. The van der Waals surface area contributed by atoms with Crippen LogP contribution in [-0.4, -0.2) is 6.29 Å². The Morgan fingerprint density at radius 1 is 0.840 bits per heavy atom. The molecule has 4 rings (SSSR count). The zero-order chi connectivity index (χ0) is 16.8. The summed E-state index contributed by atoms with van der Waals surface area (Å²) in [5.41, 5.74) is 2.78. The van der Waals surface area contributed by atoms with Gasteiger partial charge < -0.3 is 12.4 Å². The van der Waals surface area contributed by atoms with Crippen LogP contribution >= 0.6 is 11.6 Å². The highest BCUT2D eigenvalue weighted by Gasteiger charge is 2.04. The summed E-state index contributed by atoms with van der Waals surface area (Å²) in [6.07, 6.45) is 2.81. The highest BCUT2D eigenvalue weighted by Crippen LogP contribution is 2.22. The molecule has 25 heavy (non-hydrogen) atoms. The molecule has 0 radical (unpaired) electrons. The van der Waals surface area contributed by atoms with Crippen molar-refractivity contribution in [1.29, 1.82) is 0 Å². The molecule has 2 nitrogen and oxygen atoms in total. The zero-order valence-corrected chi connectivity index (χ0v) is 15.0. The van der Waals surface area contributed by atoms with Crippen molar-refractivity contribution in [1.82, 2.24) is 0 Å². The Kier molecular flexibility index (Phi) is 6.93. The van der Waals surface area contributed by atoms with Gasteiger partial charge in [0.05, 0.1) is 0 Å². The minimum atomic E-state index is 0. The van der Waals surface area contributed by atoms with E-state index >= 15 is 0 Å². The SMILES string of the molecule is O=Cc1c(CCl)ccc2ccccc12.[Cl-].c1ccc2[nH+]cccc2c1. The van der Waals surface area contributed by atoms with Gasteiger partial charge in [-0.25, -0.2) is 4.98 Å². The van der Waals surface area contributed by atoms with Crippen molar-refractivity contribution in [2.24, 2.45) is 0 Å². The summed E-state index contributed by atoms with van der Waals surface area (Å²) in [6.45, 7) is 0. The number of H-pyrrole nitrogens is 1. The predicted octanol–water partition coefficient (Wildman–Crippen LogP) is 2.05. The topological polar surface area (TPSA) is 31.2 Å². The molecule has 0 spiro atoms. The molecule has 4 aromatic rings. The second-order valence-electron chi connectivity index (χ2n) is 5.37. The van der Waals surface area contributed by atoms with E-state index in [2.05, 4.69) is 23.2 Å². The number of carbonyl (C=O) groups excluding carboxylic acids is 1. The molecule has 0 atom stereocenters. The second-order valence-corrected chi connectivity index (χ2v) is 5.64. The van der Waals surface area contributed by atoms with E-state index < -0.39 is 0 Å². The number of aldehydes is 1. The third-order valence-corrected chi connectivity index (χ3v) is 4.18. The van der Waals surface area contributed by atoms with Crippen LogP contribution < -0.4 is 17.4 Å². The first kappa shape index (κ1) is 18.9. The molecule has 0 amide bonds. The van der Waals surface area contributed by atoms with Crippen molar-refractivity contribution in [3.63, 3.8) is 0 Å². The van der Waals surface area contributed by atoms with Gasteiger partial charge >= 0.3 is 0 Å². The average Bonchev–Trinajstić information content (AvgIpc) is 2.67. The lowest BCUT2D eigenvalue weighted by Gasteiger charge is -2.04. The molecule has 0 aliphatic rings. The molecule has 0 aliphatic heterocycles. The van der Waals surface area contributed by atoms with Crippen LogP contribution in [0, 0.1) is 0 Å². The molecular formula is C21H17Cl2NO. The van der Waals surface area contributed by atoms with E-state index in [0.717, 1.165) is 22.6 Å². The lowest BCUT2D eigenvalue weighted by Crippen LogP contribution is -3.00. The van der Waals surface area contributed by atoms with E-state index in [4.69, 9.17) is 11.6 Å². The number of carbonyl (C=O) groups is 1. The largest absolute Gasteiger partial charge is 1.00 e. The van der Waals surface area contributed by atoms with Gasteiger partial charge in [-0.2, -0.15) is 0 Å². The number of nitrogens with one attached hydrogen (secondary N) is 1. The van der Waals surface area contributed by atoms with Crippen molar-refractivity contribution in [3.8, 4) is 0 Å². The summed E-state index contributed by atoms with van der Waals surface area (Å²) in [7, 11) is 0. The maximum atomic E-state index is 10.9. The zero-order valence-electron chi connectivity index (χ0n) is 13.5. The number of rotatable bonds is 2. The Balaban J connectivity index is 0.000000182. The lowest BCUT2D eigenvalue weighted by atomic mass is 10.0. The van der Waals surface area contributed by atoms with Crippen LogP contribution in [0.25, 0.3) is 21.7 Å². The number of hydrogen-bond acceptors (Lipinski definition) is 1. The standard InChI is InChI=1S/C12H9ClO.C9H7N.ClH/c13-7-10-6-5-9-3-1-2-4-11(9)12(10)8-14;1-2-6-9-8(4-1)5-3-7-10-9;/h1-6,8H,7H2;1-7H;1H. The molecule has 0 saturated heterocycles. The van der Waals surface area contributed by atoms with Gasteiger partial charge in [-0.15, -0.1) is 11.6 Å². The Hall–Kier alpha value is -2.42. The molecule has 0 aliphatic carbocycles. The number of aromatic nitrogens is 1. The fourth-order valence-corrected chi connectivity index (χ4v) is 2.89. The van der Waals surface area contributed by atoms with Gasteiger partial charge in [0.15, 0.2) is 12.5 Å². The summed E-state index contributed by atoms with van der Waals surface area (Å²) in [6, 6.07) is 24.0. The van der Waals surface area contributed by atoms with Crippen molar-refractivity contribution < 1.29 is 22.2 Å². The maximum absolute atomic E-state index is 10.9. The molecule has 1 heterocycles. The Morgan fingerprint density at radius 2 is 1.52 bits per heavy atom. The van der Waals surface area contributed by atoms with E-state index in [1.165, 1.54) is 10.9 Å². The molecular weight excluding hydrogens is 353 g/mol. The summed E-state index contributed by atoms with van der Waals surface area (Å²) in [5.74, 6) is 0.374. The third kappa shape index (κ3) is 4.36. The van der Waals surface area contributed by atoms with Crippen molar-refractivity contribution in [3.05, 3.63) is 90.1 Å². The molecule has 126 valence electrons. The lowest BCUT2D eigenvalue weighted by molar-refractivity contribution is -0.344. The summed E-state index contributed by atoms with van der Waals surface area (Å²) in [4.78, 5) is 14.1. The Morgan fingerprint density at radius 3 is 2.24 bits per heavy atom. The number of para-hydroxylation sites is 1. The summed E-state index contributed by atoms with van der Waals surface area (Å²) in [5, 5.41) is 3.30. The fourth-order valence-electron chi connectivity index (χ4n) is 2.66. The van der Waals surface area contributed by atoms with E-state index in [0.29, 0.717) is 11.4 Å². The Bertz CT molecular complexity index is 920. The first-order valence-corrected chi connectivity index (χ1v) is 8.24. The second kappa shape index (κ2) is 9.16. The van der Waals surface area contributed by atoms with Gasteiger partial charge in [-0.1, -0.05) is 48.5 Å². The monoisotopic (exact) mass is 369 g/mol. The van der Waals surface area contributed by atoms with Crippen molar-refractivity contribution in [2.45, 2.75) is 5.88 Å². The third-order valence-electron chi connectivity index (χ3n) is 3.89. The smallest absolute Gasteiger partial charge is 0.210 e. The molecule has 1 N–H and O–H groups in total. The van der Waals surface area contributed by atoms with Gasteiger partial charge in [-0.3, -0.25) is 4.79 Å². The van der Waals surface area contributed by atoms with Gasteiger partial charge in [0.25, 0.3) is 0 Å². The van der Waals surface area contributed by atoms with E-state index in [9.17, 15) is 4.79 Å². The molecule has 0 fully saturated rings. The van der Waals surface area contributed by atoms with Crippen LogP contribution in [-0.2, 0) is 5.88 Å². The minimum Gasteiger partial charge on any atom is -1.00 e. The first-order valence-electron chi connectivity index (χ1n) is 7.70. The van der Waals surface area contributed by atoms with Crippen LogP contribution in [0.4, 0.5) is 0 Å². The molecule has 0 saturated carbocycles. The number of halogens is 2.